The number of rotatable bonds is 6. The molecule has 0 spiro atoms. The van der Waals surface area contributed by atoms with Crippen LogP contribution in [0.2, 0.25) is 5.02 Å². The zero-order valence-corrected chi connectivity index (χ0v) is 18.1. The van der Waals surface area contributed by atoms with Crippen LogP contribution in [0.5, 0.6) is 0 Å². The minimum atomic E-state index is -0.257. The Hall–Kier alpha value is -3.90. The van der Waals surface area contributed by atoms with Gasteiger partial charge in [-0.15, -0.1) is 0 Å². The third kappa shape index (κ3) is 5.42. The van der Waals surface area contributed by atoms with E-state index in [4.69, 9.17) is 11.6 Å². The molecule has 2 N–H and O–H groups in total. The molecule has 6 nitrogen and oxygen atoms in total. The van der Waals surface area contributed by atoms with Gasteiger partial charge in [0.1, 0.15) is 0 Å². The Morgan fingerprint density at radius 1 is 0.938 bits per heavy atom. The van der Waals surface area contributed by atoms with Crippen molar-refractivity contribution in [2.75, 3.05) is 10.6 Å². The van der Waals surface area contributed by atoms with Crippen molar-refractivity contribution < 1.29 is 9.59 Å². The fourth-order valence-electron chi connectivity index (χ4n) is 3.30. The number of aryl methyl sites for hydroxylation is 1. The van der Waals surface area contributed by atoms with Crippen molar-refractivity contribution in [2.45, 2.75) is 13.3 Å². The fourth-order valence-corrected chi connectivity index (χ4v) is 3.49. The van der Waals surface area contributed by atoms with E-state index in [1.54, 1.807) is 59.5 Å². The average molecular weight is 445 g/mol. The summed E-state index contributed by atoms with van der Waals surface area (Å²) in [5.41, 5.74) is 4.43. The standard InChI is InChI=1S/C25H21ClN4O2/c1-17-5-2-6-18(11-17)12-24(31)28-22-15-27-30(16-22)23-10-3-7-19(13-23)25(32)29-21-9-4-8-20(26)14-21/h2-11,13-16H,12H2,1H3,(H,28,31)(H,29,32). The largest absolute Gasteiger partial charge is 0.323 e. The first kappa shape index (κ1) is 21.3. The molecule has 0 atom stereocenters. The predicted octanol–water partition coefficient (Wildman–Crippen LogP) is 5.27. The molecular formula is C25H21ClN4O2. The van der Waals surface area contributed by atoms with Crippen molar-refractivity contribution in [3.8, 4) is 5.69 Å². The summed E-state index contributed by atoms with van der Waals surface area (Å²) in [6.07, 6.45) is 3.57. The third-order valence-corrected chi connectivity index (χ3v) is 5.00. The first-order valence-corrected chi connectivity index (χ1v) is 10.4. The van der Waals surface area contributed by atoms with Crippen LogP contribution in [-0.4, -0.2) is 21.6 Å². The molecule has 4 aromatic rings. The lowest BCUT2D eigenvalue weighted by Crippen LogP contribution is -2.14. The molecule has 0 aliphatic rings. The van der Waals surface area contributed by atoms with E-state index in [2.05, 4.69) is 15.7 Å². The van der Waals surface area contributed by atoms with Crippen LogP contribution in [0.15, 0.2) is 85.2 Å². The Morgan fingerprint density at radius 2 is 1.75 bits per heavy atom. The number of nitrogens with one attached hydrogen (secondary N) is 2. The van der Waals surface area contributed by atoms with Gasteiger partial charge in [0, 0.05) is 16.3 Å². The van der Waals surface area contributed by atoms with Crippen LogP contribution < -0.4 is 10.6 Å². The van der Waals surface area contributed by atoms with Gasteiger partial charge in [-0.25, -0.2) is 4.68 Å². The summed E-state index contributed by atoms with van der Waals surface area (Å²) < 4.78 is 1.61. The fraction of sp³-hybridized carbons (Fsp3) is 0.0800. The molecular weight excluding hydrogens is 424 g/mol. The van der Waals surface area contributed by atoms with Gasteiger partial charge in [-0.3, -0.25) is 9.59 Å². The molecule has 0 saturated heterocycles. The van der Waals surface area contributed by atoms with E-state index in [9.17, 15) is 9.59 Å². The highest BCUT2D eigenvalue weighted by atomic mass is 35.5. The molecule has 7 heteroatoms. The minimum Gasteiger partial charge on any atom is -0.323 e. The van der Waals surface area contributed by atoms with Gasteiger partial charge in [-0.2, -0.15) is 5.10 Å². The van der Waals surface area contributed by atoms with Crippen LogP contribution in [0.25, 0.3) is 5.69 Å². The highest BCUT2D eigenvalue weighted by Crippen LogP contribution is 2.18. The lowest BCUT2D eigenvalue weighted by molar-refractivity contribution is -0.115. The SMILES string of the molecule is Cc1cccc(CC(=O)Nc2cnn(-c3cccc(C(=O)Nc4cccc(Cl)c4)c3)c2)c1. The number of hydrogen-bond donors (Lipinski definition) is 2. The monoisotopic (exact) mass is 444 g/mol. The van der Waals surface area contributed by atoms with Crippen LogP contribution in [0.4, 0.5) is 11.4 Å². The number of anilines is 2. The third-order valence-electron chi connectivity index (χ3n) is 4.77. The molecule has 1 aromatic heterocycles. The topological polar surface area (TPSA) is 76.0 Å². The second-order valence-corrected chi connectivity index (χ2v) is 7.84. The normalized spacial score (nSPS) is 10.6. The summed E-state index contributed by atoms with van der Waals surface area (Å²) in [7, 11) is 0. The zero-order chi connectivity index (χ0) is 22.5. The summed E-state index contributed by atoms with van der Waals surface area (Å²) in [4.78, 5) is 25.0. The van der Waals surface area contributed by atoms with Gasteiger partial charge in [0.25, 0.3) is 5.91 Å². The molecule has 0 unspecified atom stereocenters. The molecule has 2 amide bonds. The highest BCUT2D eigenvalue weighted by Gasteiger charge is 2.10. The second kappa shape index (κ2) is 9.49. The Morgan fingerprint density at radius 3 is 2.56 bits per heavy atom. The van der Waals surface area contributed by atoms with Crippen LogP contribution in [0, 0.1) is 6.92 Å². The van der Waals surface area contributed by atoms with Crippen LogP contribution >= 0.6 is 11.6 Å². The molecule has 0 saturated carbocycles. The van der Waals surface area contributed by atoms with Crippen LogP contribution in [0.1, 0.15) is 21.5 Å². The van der Waals surface area contributed by atoms with Crippen LogP contribution in [-0.2, 0) is 11.2 Å². The van der Waals surface area contributed by atoms with Crippen molar-refractivity contribution >= 4 is 34.8 Å². The Kier molecular flexibility index (Phi) is 6.33. The van der Waals surface area contributed by atoms with Crippen LogP contribution in [0.3, 0.4) is 0 Å². The first-order chi connectivity index (χ1) is 15.5. The molecule has 1 heterocycles. The number of carbonyl (C=O) groups excluding carboxylic acids is 2. The smallest absolute Gasteiger partial charge is 0.255 e. The van der Waals surface area contributed by atoms with Gasteiger partial charge in [0.05, 0.1) is 30.2 Å². The van der Waals surface area contributed by atoms with Crippen molar-refractivity contribution in [2.24, 2.45) is 0 Å². The quantitative estimate of drug-likeness (QED) is 0.425. The van der Waals surface area contributed by atoms with Crippen molar-refractivity contribution in [1.29, 1.82) is 0 Å². The Labute approximate surface area is 190 Å². The van der Waals surface area contributed by atoms with Gasteiger partial charge < -0.3 is 10.6 Å². The number of carbonyl (C=O) groups is 2. The minimum absolute atomic E-state index is 0.121. The van der Waals surface area contributed by atoms with E-state index < -0.39 is 0 Å². The van der Waals surface area contributed by atoms with Gasteiger partial charge in [0.15, 0.2) is 0 Å². The van der Waals surface area contributed by atoms with E-state index in [0.717, 1.165) is 11.1 Å². The summed E-state index contributed by atoms with van der Waals surface area (Å²) in [6, 6.07) is 21.9. The Bertz CT molecular complexity index is 1280. The van der Waals surface area contributed by atoms with Crippen molar-refractivity contribution in [1.82, 2.24) is 9.78 Å². The van der Waals surface area contributed by atoms with Gasteiger partial charge in [-0.05, 0) is 48.9 Å². The molecule has 3 aromatic carbocycles. The molecule has 0 fully saturated rings. The summed E-state index contributed by atoms with van der Waals surface area (Å²) >= 11 is 5.98. The van der Waals surface area contributed by atoms with E-state index in [1.807, 2.05) is 37.3 Å². The number of halogens is 1. The lowest BCUT2D eigenvalue weighted by Gasteiger charge is -2.08. The van der Waals surface area contributed by atoms with E-state index in [0.29, 0.717) is 27.6 Å². The average Bonchev–Trinajstić information content (AvgIpc) is 3.22. The van der Waals surface area contributed by atoms with Gasteiger partial charge in [0.2, 0.25) is 5.91 Å². The zero-order valence-electron chi connectivity index (χ0n) is 17.4. The maximum Gasteiger partial charge on any atom is 0.255 e. The molecule has 160 valence electrons. The molecule has 0 bridgehead atoms. The first-order valence-electron chi connectivity index (χ1n) is 10.0. The lowest BCUT2D eigenvalue weighted by atomic mass is 10.1. The number of hydrogen-bond acceptors (Lipinski definition) is 3. The summed E-state index contributed by atoms with van der Waals surface area (Å²) in [5.74, 6) is -0.377. The summed E-state index contributed by atoms with van der Waals surface area (Å²) in [6.45, 7) is 1.99. The van der Waals surface area contributed by atoms with Crippen molar-refractivity contribution in [3.05, 3.63) is 107 Å². The maximum atomic E-state index is 12.6. The maximum absolute atomic E-state index is 12.6. The predicted molar refractivity (Wildman–Crippen MR) is 126 cm³/mol. The molecule has 4 rings (SSSR count). The molecule has 0 aliphatic carbocycles. The van der Waals surface area contributed by atoms with E-state index in [1.165, 1.54) is 0 Å². The highest BCUT2D eigenvalue weighted by molar-refractivity contribution is 6.31. The number of nitrogens with zero attached hydrogens (tertiary/aromatic N) is 2. The number of amides is 2. The van der Waals surface area contributed by atoms with E-state index >= 15 is 0 Å². The van der Waals surface area contributed by atoms with Gasteiger partial charge in [-0.1, -0.05) is 53.6 Å². The summed E-state index contributed by atoms with van der Waals surface area (Å²) in [5, 5.41) is 10.5. The van der Waals surface area contributed by atoms with E-state index in [-0.39, 0.29) is 18.2 Å². The van der Waals surface area contributed by atoms with Crippen molar-refractivity contribution in [3.63, 3.8) is 0 Å². The molecule has 32 heavy (non-hydrogen) atoms. The second-order valence-electron chi connectivity index (χ2n) is 7.40. The number of aromatic nitrogens is 2. The number of benzene rings is 3. The molecule has 0 aliphatic heterocycles. The van der Waals surface area contributed by atoms with Gasteiger partial charge >= 0.3 is 0 Å². The molecule has 0 radical (unpaired) electrons. The Balaban J connectivity index is 1.43.